The number of unbranched alkanes of at least 4 members (excludes halogenated alkanes) is 45. The van der Waals surface area contributed by atoms with Gasteiger partial charge in [0.1, 0.15) is 48.8 Å². The number of amides is 1. The second-order valence-corrected chi connectivity index (χ2v) is 25.7. The highest BCUT2D eigenvalue weighted by atomic mass is 16.7. The average Bonchev–Trinajstić information content (AvgIpc) is 3.18. The molecule has 498 valence electrons. The number of carbonyl (C=O) groups is 1. The fourth-order valence-corrected chi connectivity index (χ4v) is 12.2. The standard InChI is InChI=1S/C70H135NO13/c1-3-5-7-9-11-13-15-17-19-21-22-23-24-25-26-27-28-29-30-31-32-33-34-35-36-38-39-41-43-45-47-49-51-53-59(74)58(71-62(75)54-52-50-48-46-44-42-40-37-20-18-16-14-12-10-8-6-4-2)57-81-69-67(80)65(78)68(61(56-73)83-69)84-70-66(79)64(77)63(76)60(55-72)82-70/h18,20,58-61,63-70,72-74,76-80H,3-17,19,21-57H2,1-2H3,(H,71,75)/b20-18-. The fraction of sp³-hybridized carbons (Fsp3) is 0.957. The maximum Gasteiger partial charge on any atom is 0.220 e. The number of hydrogen-bond acceptors (Lipinski definition) is 13. The minimum Gasteiger partial charge on any atom is -0.394 e. The van der Waals surface area contributed by atoms with Gasteiger partial charge in [-0.2, -0.15) is 0 Å². The van der Waals surface area contributed by atoms with Crippen molar-refractivity contribution in [2.24, 2.45) is 0 Å². The molecule has 0 radical (unpaired) electrons. The van der Waals surface area contributed by atoms with Crippen LogP contribution in [0.5, 0.6) is 0 Å². The van der Waals surface area contributed by atoms with Crippen molar-refractivity contribution in [1.82, 2.24) is 5.32 Å². The molecule has 84 heavy (non-hydrogen) atoms. The highest BCUT2D eigenvalue weighted by molar-refractivity contribution is 5.76. The van der Waals surface area contributed by atoms with Gasteiger partial charge in [-0.25, -0.2) is 0 Å². The lowest BCUT2D eigenvalue weighted by Gasteiger charge is -2.46. The molecule has 2 aliphatic rings. The summed E-state index contributed by atoms with van der Waals surface area (Å²) in [5, 5.41) is 87.6. The third kappa shape index (κ3) is 39.7. The van der Waals surface area contributed by atoms with E-state index in [0.717, 1.165) is 57.8 Å². The Morgan fingerprint density at radius 3 is 1.13 bits per heavy atom. The maximum absolute atomic E-state index is 13.3. The van der Waals surface area contributed by atoms with Crippen LogP contribution in [0.4, 0.5) is 0 Å². The minimum atomic E-state index is -1.78. The molecule has 0 bridgehead atoms. The van der Waals surface area contributed by atoms with Crippen LogP contribution >= 0.6 is 0 Å². The molecule has 0 aromatic carbocycles. The van der Waals surface area contributed by atoms with Gasteiger partial charge in [-0.3, -0.25) is 4.79 Å². The summed E-state index contributed by atoms with van der Waals surface area (Å²) in [7, 11) is 0. The molecule has 0 spiro atoms. The molecule has 12 unspecified atom stereocenters. The van der Waals surface area contributed by atoms with Gasteiger partial charge in [-0.05, 0) is 38.5 Å². The van der Waals surface area contributed by atoms with Crippen molar-refractivity contribution in [3.05, 3.63) is 12.2 Å². The molecule has 2 aliphatic heterocycles. The first kappa shape index (κ1) is 78.8. The molecule has 2 saturated heterocycles. The van der Waals surface area contributed by atoms with Gasteiger partial charge >= 0.3 is 0 Å². The lowest BCUT2D eigenvalue weighted by molar-refractivity contribution is -0.359. The SMILES string of the molecule is CCCCCCCC/C=C\CCCCCCCCCC(=O)NC(COC1OC(CO)C(OC2OC(CO)C(O)C(O)C2O)C(O)C1O)C(O)CCCCCCCCCCCCCCCCCCCCCCCCCCCCCCCCCCC. The number of allylic oxidation sites excluding steroid dienone is 2. The van der Waals surface area contributed by atoms with Crippen LogP contribution in [-0.2, 0) is 23.7 Å². The van der Waals surface area contributed by atoms with E-state index in [9.17, 15) is 45.6 Å². The van der Waals surface area contributed by atoms with Crippen LogP contribution in [0.3, 0.4) is 0 Å². The van der Waals surface area contributed by atoms with Crippen molar-refractivity contribution in [3.8, 4) is 0 Å². The molecule has 14 heteroatoms. The molecule has 2 fully saturated rings. The molecule has 9 N–H and O–H groups in total. The Balaban J connectivity index is 1.62. The quantitative estimate of drug-likeness (QED) is 0.0204. The minimum absolute atomic E-state index is 0.206. The first-order chi connectivity index (χ1) is 41.1. The monoisotopic (exact) mass is 1200 g/mol. The van der Waals surface area contributed by atoms with Gasteiger partial charge in [0.05, 0.1) is 32.0 Å². The van der Waals surface area contributed by atoms with E-state index in [1.807, 2.05) is 0 Å². The van der Waals surface area contributed by atoms with E-state index in [-0.39, 0.29) is 12.5 Å². The van der Waals surface area contributed by atoms with Gasteiger partial charge in [0.15, 0.2) is 12.6 Å². The molecule has 2 rings (SSSR count). The summed E-state index contributed by atoms with van der Waals surface area (Å²) in [5.41, 5.74) is 0. The smallest absolute Gasteiger partial charge is 0.220 e. The summed E-state index contributed by atoms with van der Waals surface area (Å²) in [6.07, 6.45) is 51.0. The Labute approximate surface area is 514 Å². The zero-order valence-corrected chi connectivity index (χ0v) is 54.2. The molecule has 0 aromatic heterocycles. The van der Waals surface area contributed by atoms with E-state index in [0.29, 0.717) is 12.8 Å². The Morgan fingerprint density at radius 2 is 0.750 bits per heavy atom. The van der Waals surface area contributed by atoms with Crippen molar-refractivity contribution in [2.75, 3.05) is 19.8 Å². The third-order valence-electron chi connectivity index (χ3n) is 18.0. The van der Waals surface area contributed by atoms with Crippen LogP contribution in [0.1, 0.15) is 335 Å². The van der Waals surface area contributed by atoms with Crippen LogP contribution in [0.2, 0.25) is 0 Å². The molecule has 0 aromatic rings. The second-order valence-electron chi connectivity index (χ2n) is 25.7. The predicted molar refractivity (Wildman–Crippen MR) is 342 cm³/mol. The van der Waals surface area contributed by atoms with E-state index in [2.05, 4.69) is 31.3 Å². The van der Waals surface area contributed by atoms with Gasteiger partial charge in [0.25, 0.3) is 0 Å². The summed E-state index contributed by atoms with van der Waals surface area (Å²) in [5.74, 6) is -0.206. The largest absolute Gasteiger partial charge is 0.394 e. The molecular formula is C70H135NO13. The number of rotatable bonds is 60. The third-order valence-corrected chi connectivity index (χ3v) is 18.0. The van der Waals surface area contributed by atoms with E-state index in [1.54, 1.807) is 0 Å². The van der Waals surface area contributed by atoms with Crippen molar-refractivity contribution in [2.45, 2.75) is 408 Å². The van der Waals surface area contributed by atoms with Gasteiger partial charge < -0.3 is 65.1 Å². The Bertz CT molecular complexity index is 1460. The average molecular weight is 1200 g/mol. The molecule has 0 saturated carbocycles. The van der Waals surface area contributed by atoms with E-state index in [1.165, 1.54) is 250 Å². The lowest BCUT2D eigenvalue weighted by Crippen LogP contribution is -2.65. The Kier molecular flexibility index (Phi) is 52.3. The van der Waals surface area contributed by atoms with Gasteiger partial charge in [-0.1, -0.05) is 302 Å². The highest BCUT2D eigenvalue weighted by Crippen LogP contribution is 2.30. The van der Waals surface area contributed by atoms with Crippen molar-refractivity contribution < 1.29 is 64.6 Å². The molecule has 2 heterocycles. The molecule has 12 atom stereocenters. The highest BCUT2D eigenvalue weighted by Gasteiger charge is 2.51. The fourth-order valence-electron chi connectivity index (χ4n) is 12.2. The van der Waals surface area contributed by atoms with E-state index in [4.69, 9.17) is 18.9 Å². The topological polar surface area (TPSA) is 228 Å². The molecule has 0 aliphatic carbocycles. The van der Waals surface area contributed by atoms with Crippen molar-refractivity contribution >= 4 is 5.91 Å². The van der Waals surface area contributed by atoms with Crippen molar-refractivity contribution in [1.29, 1.82) is 0 Å². The molecule has 1 amide bonds. The zero-order valence-electron chi connectivity index (χ0n) is 54.2. The number of nitrogens with one attached hydrogen (secondary N) is 1. The van der Waals surface area contributed by atoms with E-state index >= 15 is 0 Å². The summed E-state index contributed by atoms with van der Waals surface area (Å²) in [6, 6.07) is -0.829. The summed E-state index contributed by atoms with van der Waals surface area (Å²) in [6.45, 7) is 2.90. The number of aliphatic hydroxyl groups is 8. The molecular weight excluding hydrogens is 1060 g/mol. The lowest BCUT2D eigenvalue weighted by atomic mass is 9.97. The first-order valence-electron chi connectivity index (χ1n) is 35.9. The predicted octanol–water partition coefficient (Wildman–Crippen LogP) is 14.6. The molecule has 14 nitrogen and oxygen atoms in total. The van der Waals surface area contributed by atoms with Crippen LogP contribution < -0.4 is 5.32 Å². The van der Waals surface area contributed by atoms with Gasteiger partial charge in [-0.15, -0.1) is 0 Å². The number of carbonyl (C=O) groups excluding carboxylic acids is 1. The Morgan fingerprint density at radius 1 is 0.417 bits per heavy atom. The van der Waals surface area contributed by atoms with Crippen molar-refractivity contribution in [3.63, 3.8) is 0 Å². The zero-order chi connectivity index (χ0) is 60.9. The van der Waals surface area contributed by atoms with Crippen LogP contribution in [-0.4, -0.2) is 140 Å². The number of ether oxygens (including phenoxy) is 4. The van der Waals surface area contributed by atoms with Gasteiger partial charge in [0, 0.05) is 6.42 Å². The summed E-state index contributed by atoms with van der Waals surface area (Å²) < 4.78 is 22.9. The summed E-state index contributed by atoms with van der Waals surface area (Å²) in [4.78, 5) is 13.3. The maximum atomic E-state index is 13.3. The normalized spacial score (nSPS) is 23.6. The van der Waals surface area contributed by atoms with Gasteiger partial charge in [0.2, 0.25) is 5.91 Å². The van der Waals surface area contributed by atoms with Crippen LogP contribution in [0, 0.1) is 0 Å². The number of hydrogen-bond donors (Lipinski definition) is 9. The van der Waals surface area contributed by atoms with Crippen LogP contribution in [0.25, 0.3) is 0 Å². The number of aliphatic hydroxyl groups excluding tert-OH is 8. The van der Waals surface area contributed by atoms with E-state index < -0.39 is 86.8 Å². The first-order valence-corrected chi connectivity index (χ1v) is 35.9. The Hall–Kier alpha value is -1.27. The summed E-state index contributed by atoms with van der Waals surface area (Å²) >= 11 is 0. The van der Waals surface area contributed by atoms with Crippen LogP contribution in [0.15, 0.2) is 12.2 Å². The second kappa shape index (κ2) is 55.8.